The van der Waals surface area contributed by atoms with Gasteiger partial charge in [-0.2, -0.15) is 13.2 Å². The molecule has 0 unspecified atom stereocenters. The van der Waals surface area contributed by atoms with Gasteiger partial charge in [0.25, 0.3) is 0 Å². The van der Waals surface area contributed by atoms with Crippen molar-refractivity contribution in [2.45, 2.75) is 31.5 Å². The first-order valence-corrected chi connectivity index (χ1v) is 6.62. The van der Waals surface area contributed by atoms with E-state index in [9.17, 15) is 21.6 Å². The van der Waals surface area contributed by atoms with Crippen molar-refractivity contribution in [1.29, 1.82) is 0 Å². The van der Waals surface area contributed by atoms with Crippen LogP contribution < -0.4 is 5.73 Å². The molecule has 96 valence electrons. The van der Waals surface area contributed by atoms with Crippen molar-refractivity contribution in [1.82, 2.24) is 4.31 Å². The van der Waals surface area contributed by atoms with Crippen LogP contribution in [-0.4, -0.2) is 43.8 Å². The zero-order valence-corrected chi connectivity index (χ0v) is 9.52. The van der Waals surface area contributed by atoms with Gasteiger partial charge in [-0.25, -0.2) is 12.7 Å². The first kappa shape index (κ1) is 13.7. The van der Waals surface area contributed by atoms with E-state index in [1.807, 2.05) is 0 Å². The number of rotatable bonds is 4. The zero-order valence-electron chi connectivity index (χ0n) is 8.70. The quantitative estimate of drug-likeness (QED) is 0.809. The number of nitrogens with zero attached hydrogens (tertiary/aromatic N) is 1. The van der Waals surface area contributed by atoms with E-state index in [0.29, 0.717) is 13.0 Å². The van der Waals surface area contributed by atoms with E-state index in [0.717, 1.165) is 0 Å². The fourth-order valence-electron chi connectivity index (χ4n) is 1.59. The van der Waals surface area contributed by atoms with Crippen LogP contribution in [-0.2, 0) is 10.0 Å². The molecule has 0 amide bonds. The van der Waals surface area contributed by atoms with Gasteiger partial charge < -0.3 is 5.73 Å². The van der Waals surface area contributed by atoms with Gasteiger partial charge in [-0.05, 0) is 12.8 Å². The predicted octanol–water partition coefficient (Wildman–Crippen LogP) is 0.692. The molecule has 2 N–H and O–H groups in total. The van der Waals surface area contributed by atoms with Crippen LogP contribution in [0.5, 0.6) is 0 Å². The van der Waals surface area contributed by atoms with Gasteiger partial charge in [-0.1, -0.05) is 0 Å². The third-order valence-electron chi connectivity index (χ3n) is 2.44. The Balaban J connectivity index is 2.41. The van der Waals surface area contributed by atoms with Crippen LogP contribution >= 0.6 is 0 Å². The summed E-state index contributed by atoms with van der Waals surface area (Å²) in [7, 11) is -3.56. The van der Waals surface area contributed by atoms with Crippen LogP contribution in [0.1, 0.15) is 19.3 Å². The Hall–Kier alpha value is -0.340. The van der Waals surface area contributed by atoms with Crippen molar-refractivity contribution in [3.05, 3.63) is 0 Å². The summed E-state index contributed by atoms with van der Waals surface area (Å²) < 4.78 is 59.8. The third kappa shape index (κ3) is 4.26. The molecule has 8 heteroatoms. The van der Waals surface area contributed by atoms with Crippen molar-refractivity contribution >= 4 is 10.0 Å². The molecule has 0 aliphatic carbocycles. The molecule has 0 spiro atoms. The molecule has 4 nitrogen and oxygen atoms in total. The summed E-state index contributed by atoms with van der Waals surface area (Å²) in [6.45, 7) is 0.532. The maximum absolute atomic E-state index is 11.8. The fourth-order valence-corrected chi connectivity index (χ4v) is 3.16. The van der Waals surface area contributed by atoms with E-state index in [2.05, 4.69) is 0 Å². The Morgan fingerprint density at radius 2 is 2.00 bits per heavy atom. The van der Waals surface area contributed by atoms with E-state index in [4.69, 9.17) is 5.73 Å². The van der Waals surface area contributed by atoms with E-state index in [-0.39, 0.29) is 12.6 Å². The summed E-state index contributed by atoms with van der Waals surface area (Å²) in [6, 6.07) is -0.197. The highest BCUT2D eigenvalue weighted by Gasteiger charge is 2.31. The summed E-state index contributed by atoms with van der Waals surface area (Å²) in [5.74, 6) is -0.459. The summed E-state index contributed by atoms with van der Waals surface area (Å²) in [4.78, 5) is 0. The summed E-state index contributed by atoms with van der Waals surface area (Å²) in [6.07, 6.45) is -5.18. The molecule has 1 heterocycles. The topological polar surface area (TPSA) is 63.4 Å². The second kappa shape index (κ2) is 4.89. The molecular formula is C8H15F3N2O2S. The van der Waals surface area contributed by atoms with Gasteiger partial charge in [0.05, 0.1) is 5.75 Å². The van der Waals surface area contributed by atoms with Gasteiger partial charge >= 0.3 is 6.18 Å². The minimum atomic E-state index is -4.29. The van der Waals surface area contributed by atoms with Crippen molar-refractivity contribution in [2.24, 2.45) is 5.73 Å². The highest BCUT2D eigenvalue weighted by molar-refractivity contribution is 7.89. The maximum Gasteiger partial charge on any atom is 0.389 e. The molecule has 0 aromatic carbocycles. The molecule has 0 saturated carbocycles. The molecule has 0 bridgehead atoms. The zero-order chi connectivity index (χ0) is 12.4. The van der Waals surface area contributed by atoms with Crippen molar-refractivity contribution in [3.8, 4) is 0 Å². The Morgan fingerprint density at radius 3 is 2.44 bits per heavy atom. The minimum absolute atomic E-state index is 0.197. The summed E-state index contributed by atoms with van der Waals surface area (Å²) in [5.41, 5.74) is 5.53. The lowest BCUT2D eigenvalue weighted by Gasteiger charge is -2.16. The van der Waals surface area contributed by atoms with Gasteiger partial charge in [0.2, 0.25) is 10.0 Å². The maximum atomic E-state index is 11.8. The van der Waals surface area contributed by atoms with Gasteiger partial charge in [0.1, 0.15) is 0 Å². The molecule has 1 aliphatic rings. The third-order valence-corrected chi connectivity index (χ3v) is 4.37. The van der Waals surface area contributed by atoms with Crippen molar-refractivity contribution in [3.63, 3.8) is 0 Å². The van der Waals surface area contributed by atoms with Crippen molar-refractivity contribution < 1.29 is 21.6 Å². The minimum Gasteiger partial charge on any atom is -0.326 e. The molecule has 0 aromatic heterocycles. The SMILES string of the molecule is N[C@H]1CCN(S(=O)(=O)CCCC(F)(F)F)C1. The molecule has 0 radical (unpaired) electrons. The molecular weight excluding hydrogens is 245 g/mol. The summed E-state index contributed by atoms with van der Waals surface area (Å²) in [5, 5.41) is 0. The Morgan fingerprint density at radius 1 is 1.38 bits per heavy atom. The Kier molecular flexibility index (Phi) is 4.19. The number of sulfonamides is 1. The molecule has 1 fully saturated rings. The first-order valence-electron chi connectivity index (χ1n) is 5.01. The molecule has 1 atom stereocenters. The van der Waals surface area contributed by atoms with Crippen LogP contribution in [0.15, 0.2) is 0 Å². The molecule has 16 heavy (non-hydrogen) atoms. The van der Waals surface area contributed by atoms with Gasteiger partial charge in [0, 0.05) is 25.6 Å². The number of hydrogen-bond donors (Lipinski definition) is 1. The van der Waals surface area contributed by atoms with Gasteiger partial charge in [-0.15, -0.1) is 0 Å². The average molecular weight is 260 g/mol. The van der Waals surface area contributed by atoms with Crippen LogP contribution in [0.25, 0.3) is 0 Å². The lowest BCUT2D eigenvalue weighted by atomic mass is 10.3. The van der Waals surface area contributed by atoms with E-state index >= 15 is 0 Å². The number of hydrogen-bond acceptors (Lipinski definition) is 3. The van der Waals surface area contributed by atoms with Crippen molar-refractivity contribution in [2.75, 3.05) is 18.8 Å². The van der Waals surface area contributed by atoms with Crippen LogP contribution in [0.2, 0.25) is 0 Å². The second-order valence-corrected chi connectivity index (χ2v) is 6.03. The Labute approximate surface area is 92.6 Å². The number of alkyl halides is 3. The molecule has 0 aromatic rings. The summed E-state index contributed by atoms with van der Waals surface area (Å²) >= 11 is 0. The van der Waals surface area contributed by atoms with Gasteiger partial charge in [-0.3, -0.25) is 0 Å². The fraction of sp³-hybridized carbons (Fsp3) is 1.00. The molecule has 1 rings (SSSR count). The van der Waals surface area contributed by atoms with E-state index in [1.165, 1.54) is 4.31 Å². The lowest BCUT2D eigenvalue weighted by molar-refractivity contribution is -0.134. The number of halogens is 3. The lowest BCUT2D eigenvalue weighted by Crippen LogP contribution is -2.33. The largest absolute Gasteiger partial charge is 0.389 e. The van der Waals surface area contributed by atoms with Gasteiger partial charge in [0.15, 0.2) is 0 Å². The Bertz CT molecular complexity index is 329. The smallest absolute Gasteiger partial charge is 0.326 e. The standard InChI is InChI=1S/C8H15F3N2O2S/c9-8(10,11)3-1-5-16(14,15)13-4-2-7(12)6-13/h7H,1-6,12H2/t7-/m0/s1. The number of nitrogens with two attached hydrogens (primary N) is 1. The van der Waals surface area contributed by atoms with E-state index < -0.39 is 34.8 Å². The second-order valence-electron chi connectivity index (χ2n) is 3.94. The van der Waals surface area contributed by atoms with Crippen LogP contribution in [0.4, 0.5) is 13.2 Å². The highest BCUT2D eigenvalue weighted by atomic mass is 32.2. The highest BCUT2D eigenvalue weighted by Crippen LogP contribution is 2.22. The van der Waals surface area contributed by atoms with E-state index in [1.54, 1.807) is 0 Å². The molecule has 1 saturated heterocycles. The first-order chi connectivity index (χ1) is 7.21. The monoisotopic (exact) mass is 260 g/mol. The van der Waals surface area contributed by atoms with Crippen LogP contribution in [0, 0.1) is 0 Å². The van der Waals surface area contributed by atoms with Crippen LogP contribution in [0.3, 0.4) is 0 Å². The predicted molar refractivity (Wildman–Crippen MR) is 53.2 cm³/mol. The normalized spacial score (nSPS) is 23.9. The average Bonchev–Trinajstić information content (AvgIpc) is 2.49. The molecule has 1 aliphatic heterocycles.